The zero-order valence-electron chi connectivity index (χ0n) is 19.1. The quantitative estimate of drug-likeness (QED) is 0.449. The Labute approximate surface area is 192 Å². The van der Waals surface area contributed by atoms with E-state index in [-0.39, 0.29) is 6.61 Å². The van der Waals surface area contributed by atoms with Gasteiger partial charge in [0.2, 0.25) is 0 Å². The third-order valence-electron chi connectivity index (χ3n) is 5.72. The average molecular weight is 452 g/mol. The summed E-state index contributed by atoms with van der Waals surface area (Å²) in [6, 6.07) is 12.3. The van der Waals surface area contributed by atoms with Crippen LogP contribution in [0.15, 0.2) is 51.7 Å². The van der Waals surface area contributed by atoms with Gasteiger partial charge in [0.05, 0.1) is 0 Å². The molecule has 174 valence electrons. The molecule has 1 unspecified atom stereocenters. The number of fused-ring (bicyclic) bond motifs is 1. The molecule has 1 atom stereocenters. The topological polar surface area (TPSA) is 106 Å². The third kappa shape index (κ3) is 5.80. The number of carboxylic acids is 1. The number of ether oxygens (including phenoxy) is 1. The Kier molecular flexibility index (Phi) is 7.87. The number of hydrogen-bond acceptors (Lipinski definition) is 5. The van der Waals surface area contributed by atoms with Crippen LogP contribution in [0.4, 0.5) is 0 Å². The van der Waals surface area contributed by atoms with Crippen LogP contribution in [-0.2, 0) is 16.0 Å². The Morgan fingerprint density at radius 1 is 1.09 bits per heavy atom. The fourth-order valence-corrected chi connectivity index (χ4v) is 3.78. The van der Waals surface area contributed by atoms with Gasteiger partial charge in [0, 0.05) is 22.9 Å². The summed E-state index contributed by atoms with van der Waals surface area (Å²) >= 11 is 0. The lowest BCUT2D eigenvalue weighted by atomic mass is 9.98. The molecule has 2 N–H and O–H groups in total. The SMILES string of the molecule is CCCCC(NC(=O)COc1ccc2c(C)c(Cc3ccccc3)c(=O)oc2c1C)C(=O)O. The number of hydrogen-bond donors (Lipinski definition) is 2. The number of benzene rings is 2. The molecule has 1 aromatic heterocycles. The molecule has 0 spiro atoms. The Morgan fingerprint density at radius 2 is 1.82 bits per heavy atom. The van der Waals surface area contributed by atoms with E-state index >= 15 is 0 Å². The van der Waals surface area contributed by atoms with E-state index in [0.29, 0.717) is 41.7 Å². The highest BCUT2D eigenvalue weighted by Crippen LogP contribution is 2.30. The molecule has 0 saturated heterocycles. The summed E-state index contributed by atoms with van der Waals surface area (Å²) in [6.07, 6.45) is 2.38. The number of carboxylic acid groups (broad SMARTS) is 1. The van der Waals surface area contributed by atoms with Crippen molar-refractivity contribution in [2.75, 3.05) is 6.61 Å². The summed E-state index contributed by atoms with van der Waals surface area (Å²) in [4.78, 5) is 36.3. The molecule has 7 heteroatoms. The van der Waals surface area contributed by atoms with Crippen molar-refractivity contribution in [3.8, 4) is 5.75 Å². The van der Waals surface area contributed by atoms with E-state index in [4.69, 9.17) is 9.15 Å². The zero-order chi connectivity index (χ0) is 24.0. The van der Waals surface area contributed by atoms with Crippen LogP contribution in [0.2, 0.25) is 0 Å². The maximum absolute atomic E-state index is 12.7. The molecule has 0 fully saturated rings. The van der Waals surface area contributed by atoms with E-state index in [9.17, 15) is 19.5 Å². The summed E-state index contributed by atoms with van der Waals surface area (Å²) in [5, 5.41) is 12.6. The fourth-order valence-electron chi connectivity index (χ4n) is 3.78. The van der Waals surface area contributed by atoms with Gasteiger partial charge in [-0.25, -0.2) is 9.59 Å². The molecular weight excluding hydrogens is 422 g/mol. The van der Waals surface area contributed by atoms with Crippen molar-refractivity contribution in [3.05, 3.63) is 75.1 Å². The molecule has 3 rings (SSSR count). The second-order valence-corrected chi connectivity index (χ2v) is 8.11. The predicted molar refractivity (Wildman–Crippen MR) is 126 cm³/mol. The minimum absolute atomic E-state index is 0.336. The number of aliphatic carboxylic acids is 1. The van der Waals surface area contributed by atoms with E-state index in [1.807, 2.05) is 50.2 Å². The van der Waals surface area contributed by atoms with Crippen molar-refractivity contribution in [3.63, 3.8) is 0 Å². The Balaban J connectivity index is 1.78. The van der Waals surface area contributed by atoms with Gasteiger partial charge in [0.1, 0.15) is 17.4 Å². The smallest absolute Gasteiger partial charge is 0.340 e. The Hall–Kier alpha value is -3.61. The van der Waals surface area contributed by atoms with Gasteiger partial charge in [-0.15, -0.1) is 0 Å². The highest BCUT2D eigenvalue weighted by atomic mass is 16.5. The molecule has 0 aliphatic rings. The molecule has 3 aromatic rings. The van der Waals surface area contributed by atoms with Crippen LogP contribution >= 0.6 is 0 Å². The standard InChI is InChI=1S/C26H29NO6/c1-4-5-11-21(25(29)30)27-23(28)15-32-22-13-12-19-16(2)20(14-18-9-7-6-8-10-18)26(31)33-24(19)17(22)3/h6-10,12-13,21H,4-5,11,14-15H2,1-3H3,(H,27,28)(H,29,30). The Morgan fingerprint density at radius 3 is 2.48 bits per heavy atom. The molecule has 0 saturated carbocycles. The number of aryl methyl sites for hydroxylation is 2. The van der Waals surface area contributed by atoms with Gasteiger partial charge in [0.25, 0.3) is 5.91 Å². The van der Waals surface area contributed by atoms with Crippen LogP contribution in [0.1, 0.15) is 48.4 Å². The molecule has 0 aliphatic heterocycles. The molecule has 0 bridgehead atoms. The maximum atomic E-state index is 12.7. The second-order valence-electron chi connectivity index (χ2n) is 8.11. The monoisotopic (exact) mass is 451 g/mol. The highest BCUT2D eigenvalue weighted by Gasteiger charge is 2.20. The van der Waals surface area contributed by atoms with E-state index in [2.05, 4.69) is 5.32 Å². The van der Waals surface area contributed by atoms with Crippen LogP contribution in [-0.4, -0.2) is 29.6 Å². The van der Waals surface area contributed by atoms with Gasteiger partial charge in [-0.3, -0.25) is 4.79 Å². The number of amides is 1. The lowest BCUT2D eigenvalue weighted by molar-refractivity contribution is -0.142. The van der Waals surface area contributed by atoms with Gasteiger partial charge in [-0.05, 0) is 43.5 Å². The molecule has 33 heavy (non-hydrogen) atoms. The number of carbonyl (C=O) groups excluding carboxylic acids is 1. The lowest BCUT2D eigenvalue weighted by Gasteiger charge is -2.16. The van der Waals surface area contributed by atoms with Crippen LogP contribution in [0.25, 0.3) is 11.0 Å². The molecule has 7 nitrogen and oxygen atoms in total. The van der Waals surface area contributed by atoms with E-state index in [1.54, 1.807) is 13.0 Å². The molecule has 0 radical (unpaired) electrons. The number of unbranched alkanes of at least 4 members (excludes halogenated alkanes) is 1. The summed E-state index contributed by atoms with van der Waals surface area (Å²) in [5.74, 6) is -1.19. The first kappa shape index (κ1) is 24.0. The van der Waals surface area contributed by atoms with Crippen LogP contribution in [0.3, 0.4) is 0 Å². The fraction of sp³-hybridized carbons (Fsp3) is 0.346. The van der Waals surface area contributed by atoms with Crippen molar-refractivity contribution < 1.29 is 23.8 Å². The molecule has 1 heterocycles. The number of carbonyl (C=O) groups is 2. The van der Waals surface area contributed by atoms with Gasteiger partial charge >= 0.3 is 11.6 Å². The van der Waals surface area contributed by atoms with Crippen molar-refractivity contribution in [1.29, 1.82) is 0 Å². The summed E-state index contributed by atoms with van der Waals surface area (Å²) < 4.78 is 11.3. The van der Waals surface area contributed by atoms with Crippen molar-refractivity contribution in [2.24, 2.45) is 0 Å². The van der Waals surface area contributed by atoms with E-state index in [0.717, 1.165) is 22.9 Å². The van der Waals surface area contributed by atoms with E-state index in [1.165, 1.54) is 0 Å². The first-order valence-electron chi connectivity index (χ1n) is 11.1. The summed E-state index contributed by atoms with van der Waals surface area (Å²) in [7, 11) is 0. The van der Waals surface area contributed by atoms with Crippen LogP contribution in [0.5, 0.6) is 5.75 Å². The van der Waals surface area contributed by atoms with Gasteiger partial charge in [0.15, 0.2) is 6.61 Å². The molecular formula is C26H29NO6. The lowest BCUT2D eigenvalue weighted by Crippen LogP contribution is -2.42. The molecule has 0 aliphatic carbocycles. The van der Waals surface area contributed by atoms with Gasteiger partial charge in [-0.1, -0.05) is 50.1 Å². The summed E-state index contributed by atoms with van der Waals surface area (Å²) in [6.45, 7) is 5.28. The number of nitrogens with one attached hydrogen (secondary N) is 1. The van der Waals surface area contributed by atoms with Crippen molar-refractivity contribution >= 4 is 22.8 Å². The second kappa shape index (κ2) is 10.8. The minimum Gasteiger partial charge on any atom is -0.483 e. The van der Waals surface area contributed by atoms with Gasteiger partial charge < -0.3 is 19.6 Å². The van der Waals surface area contributed by atoms with Crippen molar-refractivity contribution in [2.45, 2.75) is 52.5 Å². The largest absolute Gasteiger partial charge is 0.483 e. The van der Waals surface area contributed by atoms with Crippen molar-refractivity contribution in [1.82, 2.24) is 5.32 Å². The van der Waals surface area contributed by atoms with Crippen LogP contribution in [0, 0.1) is 13.8 Å². The first-order chi connectivity index (χ1) is 15.8. The third-order valence-corrected chi connectivity index (χ3v) is 5.72. The molecule has 1 amide bonds. The Bertz CT molecular complexity index is 1200. The predicted octanol–water partition coefficient (Wildman–Crippen LogP) is 4.14. The average Bonchev–Trinajstić information content (AvgIpc) is 2.80. The first-order valence-corrected chi connectivity index (χ1v) is 11.1. The molecule has 2 aromatic carbocycles. The maximum Gasteiger partial charge on any atom is 0.340 e. The van der Waals surface area contributed by atoms with E-state index < -0.39 is 23.5 Å². The van der Waals surface area contributed by atoms with Crippen LogP contribution < -0.4 is 15.7 Å². The normalized spacial score (nSPS) is 11.8. The summed E-state index contributed by atoms with van der Waals surface area (Å²) in [5.41, 5.74) is 3.09. The highest BCUT2D eigenvalue weighted by molar-refractivity contribution is 5.86. The zero-order valence-corrected chi connectivity index (χ0v) is 19.1. The minimum atomic E-state index is -1.07. The van der Waals surface area contributed by atoms with Gasteiger partial charge in [-0.2, -0.15) is 0 Å². The number of rotatable bonds is 10.